The van der Waals surface area contributed by atoms with Crippen LogP contribution >= 0.6 is 0 Å². The monoisotopic (exact) mass is 369 g/mol. The Balaban J connectivity index is 0.000000334. The first kappa shape index (κ1) is 22.3. The van der Waals surface area contributed by atoms with Gasteiger partial charge in [-0.3, -0.25) is 6.08 Å². The van der Waals surface area contributed by atoms with Crippen LogP contribution in [-0.2, 0) is 26.2 Å². The van der Waals surface area contributed by atoms with E-state index < -0.39 is 0 Å². The molecule has 0 aromatic heterocycles. The first-order valence-electron chi connectivity index (χ1n) is 7.82. The van der Waals surface area contributed by atoms with Crippen LogP contribution in [0, 0.1) is 70.3 Å². The van der Waals surface area contributed by atoms with Crippen LogP contribution in [0.4, 0.5) is 0 Å². The van der Waals surface area contributed by atoms with E-state index in [9.17, 15) is 5.41 Å². The van der Waals surface area contributed by atoms with E-state index in [2.05, 4.69) is 13.0 Å². The molecule has 0 saturated heterocycles. The van der Waals surface area contributed by atoms with Gasteiger partial charge in [-0.05, 0) is 64.2 Å². The van der Waals surface area contributed by atoms with Gasteiger partial charge < -0.3 is 11.1 Å². The molecule has 0 amide bonds. The van der Waals surface area contributed by atoms with E-state index in [1.807, 2.05) is 64.2 Å². The maximum absolute atomic E-state index is 9.49. The quantitative estimate of drug-likeness (QED) is 0.485. The minimum absolute atomic E-state index is 0. The Labute approximate surface area is 158 Å². The molecule has 0 aromatic carbocycles. The summed E-state index contributed by atoms with van der Waals surface area (Å²) in [6.07, 6.45) is 29.6. The molecule has 0 spiro atoms. The second kappa shape index (κ2) is 16.2. The number of allylic oxidation sites excluding steroid dienone is 2. The Kier molecular flexibility index (Phi) is 16.4. The zero-order valence-electron chi connectivity index (χ0n) is 13.5. The Morgan fingerprint density at radius 3 is 1.68 bits per heavy atom. The van der Waals surface area contributed by atoms with Crippen LogP contribution in [0.3, 0.4) is 0 Å². The fraction of sp³-hybridized carbons (Fsp3) is 0.350. The van der Waals surface area contributed by atoms with E-state index in [-0.39, 0.29) is 26.2 Å². The zero-order chi connectivity index (χ0) is 15.2. The summed E-state index contributed by atoms with van der Waals surface area (Å²) in [4.78, 5) is 0. The van der Waals surface area contributed by atoms with Gasteiger partial charge >= 0.3 is 26.2 Å². The van der Waals surface area contributed by atoms with Crippen molar-refractivity contribution in [2.45, 2.75) is 45.4 Å². The van der Waals surface area contributed by atoms with E-state index in [4.69, 9.17) is 0 Å². The molecular formula is C20H25NZr. The summed E-state index contributed by atoms with van der Waals surface area (Å²) < 4.78 is 0. The van der Waals surface area contributed by atoms with Crippen LogP contribution in [0.1, 0.15) is 45.4 Å². The molecule has 0 atom stereocenters. The van der Waals surface area contributed by atoms with Gasteiger partial charge in [-0.15, -0.1) is 12.8 Å². The van der Waals surface area contributed by atoms with Crippen molar-refractivity contribution in [1.82, 2.24) is 0 Å². The molecule has 1 nitrogen and oxygen atoms in total. The van der Waals surface area contributed by atoms with Gasteiger partial charge in [-0.1, -0.05) is 32.6 Å². The van der Waals surface area contributed by atoms with Gasteiger partial charge in [-0.2, -0.15) is 0 Å². The molecule has 0 aliphatic heterocycles. The van der Waals surface area contributed by atoms with Crippen LogP contribution in [0.5, 0.6) is 0 Å². The predicted molar refractivity (Wildman–Crippen MR) is 91.5 cm³/mol. The molecule has 3 aliphatic rings. The van der Waals surface area contributed by atoms with Gasteiger partial charge in [0, 0.05) is 0 Å². The molecule has 0 heterocycles. The number of hydrogen-bond donors (Lipinski definition) is 0. The molecule has 22 heavy (non-hydrogen) atoms. The van der Waals surface area contributed by atoms with Crippen LogP contribution in [0.15, 0.2) is 5.57 Å². The van der Waals surface area contributed by atoms with E-state index in [0.29, 0.717) is 5.71 Å². The van der Waals surface area contributed by atoms with E-state index in [1.54, 1.807) is 0 Å². The second-order valence-corrected chi connectivity index (χ2v) is 4.98. The van der Waals surface area contributed by atoms with Crippen molar-refractivity contribution >= 4 is 5.71 Å². The molecule has 2 heteroatoms. The molecule has 114 valence electrons. The van der Waals surface area contributed by atoms with Gasteiger partial charge in [-0.25, -0.2) is 5.57 Å². The van der Waals surface area contributed by atoms with E-state index in [0.717, 1.165) is 31.3 Å². The Morgan fingerprint density at radius 2 is 1.36 bits per heavy atom. The third kappa shape index (κ3) is 11.8. The minimum Gasteiger partial charge on any atom is -0.908 e. The molecule has 0 unspecified atom stereocenters. The fourth-order valence-corrected chi connectivity index (χ4v) is 2.03. The summed E-state index contributed by atoms with van der Waals surface area (Å²) in [5, 5.41) is 9.49. The topological polar surface area (TPSA) is 22.3 Å². The maximum Gasteiger partial charge on any atom is 2.00 e. The summed E-state index contributed by atoms with van der Waals surface area (Å²) in [5.41, 5.74) is 1.66. The summed E-state index contributed by atoms with van der Waals surface area (Å²) in [7, 11) is 0. The van der Waals surface area contributed by atoms with Gasteiger partial charge in [0.05, 0.1) is 0 Å². The van der Waals surface area contributed by atoms with Crippen LogP contribution in [0.25, 0.3) is 5.41 Å². The van der Waals surface area contributed by atoms with E-state index in [1.165, 1.54) is 12.8 Å². The summed E-state index contributed by atoms with van der Waals surface area (Å²) in [5.74, 6) is 0. The third-order valence-corrected chi connectivity index (χ3v) is 3.14. The van der Waals surface area contributed by atoms with Gasteiger partial charge in [0.1, 0.15) is 0 Å². The van der Waals surface area contributed by atoms with Gasteiger partial charge in [0.2, 0.25) is 0 Å². The van der Waals surface area contributed by atoms with Crippen LogP contribution in [0.2, 0.25) is 0 Å². The zero-order valence-corrected chi connectivity index (χ0v) is 15.9. The Bertz CT molecular complexity index is 263. The Hall–Kier alpha value is 0.293. The predicted octanol–water partition coefficient (Wildman–Crippen LogP) is 5.14. The minimum atomic E-state index is 0. The molecule has 0 bridgehead atoms. The molecule has 2 saturated carbocycles. The number of hydrogen-bond acceptors (Lipinski definition) is 0. The van der Waals surface area contributed by atoms with Gasteiger partial charge in [0.15, 0.2) is 0 Å². The van der Waals surface area contributed by atoms with Crippen LogP contribution < -0.4 is 0 Å². The SMILES string of the molecule is CCCC(=[N-])C1=[C-]CCCC1.[CH]1[CH][CH][CH][CH]1.[CH]1[CH][CH][CH][CH]1.[Zr+2]. The normalized spacial score (nSPS) is 19.8. The standard InChI is InChI=1S/C10H15N.2C5H5.Zr/c1-2-6-10(11)9-7-4-3-5-8-9;2*1-2-4-5-3-1;/h2-7H2,1H3;2*1-5H;/q-2;;;+2. The molecular weight excluding hydrogens is 345 g/mol. The Morgan fingerprint density at radius 1 is 0.909 bits per heavy atom. The van der Waals surface area contributed by atoms with Crippen LogP contribution in [-0.4, -0.2) is 5.71 Å². The molecule has 3 rings (SSSR count). The van der Waals surface area contributed by atoms with Gasteiger partial charge in [0.25, 0.3) is 0 Å². The summed E-state index contributed by atoms with van der Waals surface area (Å²) in [6, 6.07) is 0. The molecule has 2 fully saturated rings. The van der Waals surface area contributed by atoms with Crippen molar-refractivity contribution in [1.29, 1.82) is 0 Å². The van der Waals surface area contributed by atoms with Crippen molar-refractivity contribution in [3.8, 4) is 0 Å². The largest absolute Gasteiger partial charge is 2.00 e. The van der Waals surface area contributed by atoms with Crippen molar-refractivity contribution < 1.29 is 26.2 Å². The van der Waals surface area contributed by atoms with Crippen molar-refractivity contribution in [2.24, 2.45) is 0 Å². The first-order valence-corrected chi connectivity index (χ1v) is 7.82. The first-order chi connectivity index (χ1) is 10.3. The smallest absolute Gasteiger partial charge is 0.908 e. The average Bonchev–Trinajstić information content (AvgIpc) is 3.26. The van der Waals surface area contributed by atoms with Crippen molar-refractivity contribution in [3.05, 3.63) is 81.3 Å². The maximum atomic E-state index is 9.49. The average molecular weight is 371 g/mol. The fourth-order valence-electron chi connectivity index (χ4n) is 2.03. The second-order valence-electron chi connectivity index (χ2n) is 4.98. The van der Waals surface area contributed by atoms with Crippen molar-refractivity contribution in [2.75, 3.05) is 0 Å². The number of rotatable bonds is 3. The summed E-state index contributed by atoms with van der Waals surface area (Å²) in [6.45, 7) is 2.08. The molecule has 3 aliphatic carbocycles. The molecule has 10 radical (unpaired) electrons. The molecule has 0 aromatic rings. The molecule has 0 N–H and O–H groups in total. The summed E-state index contributed by atoms with van der Waals surface area (Å²) >= 11 is 0. The third-order valence-electron chi connectivity index (χ3n) is 3.14. The van der Waals surface area contributed by atoms with Crippen molar-refractivity contribution in [3.63, 3.8) is 0 Å². The van der Waals surface area contributed by atoms with E-state index >= 15 is 0 Å². The number of nitrogens with zero attached hydrogens (tertiary/aromatic N) is 1.